The van der Waals surface area contributed by atoms with Gasteiger partial charge in [0, 0.05) is 12.1 Å². The first-order chi connectivity index (χ1) is 13.4. The third kappa shape index (κ3) is 6.14. The molecule has 0 atom stereocenters. The van der Waals surface area contributed by atoms with E-state index >= 15 is 0 Å². The average Bonchev–Trinajstić information content (AvgIpc) is 2.68. The quantitative estimate of drug-likeness (QED) is 0.406. The lowest BCUT2D eigenvalue weighted by molar-refractivity contribution is -0.138. The van der Waals surface area contributed by atoms with Crippen molar-refractivity contribution in [1.82, 2.24) is 10.7 Å². The van der Waals surface area contributed by atoms with Gasteiger partial charge in [-0.15, -0.1) is 0 Å². The molecule has 0 bridgehead atoms. The number of carbonyl (C=O) groups excluding carboxylic acids is 2. The lowest BCUT2D eigenvalue weighted by Gasteiger charge is -2.14. The van der Waals surface area contributed by atoms with Crippen molar-refractivity contribution in [2.45, 2.75) is 13.5 Å². The minimum Gasteiger partial charge on any atom is -0.490 e. The largest absolute Gasteiger partial charge is 0.490 e. The van der Waals surface area contributed by atoms with Crippen molar-refractivity contribution >= 4 is 41.2 Å². The fourth-order valence-electron chi connectivity index (χ4n) is 2.13. The average molecular weight is 424 g/mol. The highest BCUT2D eigenvalue weighted by molar-refractivity contribution is 6.35. The standard InChI is InChI=1S/C19H19Cl2N3O4/c1-3-27-16-9-13(10-23-24-19(26)18(25)22-2)8-15(21)17(16)28-11-12-4-6-14(20)7-5-12/h4-10H,3,11H2,1-2H3,(H,22,25)(H,24,26)/b23-10-. The minimum atomic E-state index is -0.877. The summed E-state index contributed by atoms with van der Waals surface area (Å²) in [5.74, 6) is -0.845. The van der Waals surface area contributed by atoms with Gasteiger partial charge in [-0.3, -0.25) is 9.59 Å². The minimum absolute atomic E-state index is 0.284. The van der Waals surface area contributed by atoms with Crippen molar-refractivity contribution in [3.05, 3.63) is 57.6 Å². The Bertz CT molecular complexity index is 870. The Morgan fingerprint density at radius 1 is 1.11 bits per heavy atom. The second-order valence-corrected chi connectivity index (χ2v) is 6.30. The van der Waals surface area contributed by atoms with Crippen LogP contribution in [0.2, 0.25) is 10.0 Å². The third-order valence-electron chi connectivity index (χ3n) is 3.44. The van der Waals surface area contributed by atoms with Gasteiger partial charge in [-0.2, -0.15) is 5.10 Å². The predicted molar refractivity (Wildman–Crippen MR) is 108 cm³/mol. The van der Waals surface area contributed by atoms with Crippen LogP contribution in [0.5, 0.6) is 11.5 Å². The van der Waals surface area contributed by atoms with E-state index in [1.807, 2.05) is 19.1 Å². The number of hydrazone groups is 1. The summed E-state index contributed by atoms with van der Waals surface area (Å²) in [4.78, 5) is 22.5. The van der Waals surface area contributed by atoms with Crippen LogP contribution in [0.25, 0.3) is 0 Å². The number of hydrogen-bond acceptors (Lipinski definition) is 5. The normalized spacial score (nSPS) is 10.6. The highest BCUT2D eigenvalue weighted by Gasteiger charge is 2.13. The predicted octanol–water partition coefficient (Wildman–Crippen LogP) is 3.17. The Morgan fingerprint density at radius 2 is 1.82 bits per heavy atom. The first-order valence-corrected chi connectivity index (χ1v) is 9.08. The number of ether oxygens (including phenoxy) is 2. The first-order valence-electron chi connectivity index (χ1n) is 8.33. The Kier molecular flexibility index (Phi) is 8.10. The van der Waals surface area contributed by atoms with Gasteiger partial charge in [0.1, 0.15) is 6.61 Å². The van der Waals surface area contributed by atoms with Gasteiger partial charge in [0.2, 0.25) is 0 Å². The molecular weight excluding hydrogens is 405 g/mol. The molecule has 0 radical (unpaired) electrons. The summed E-state index contributed by atoms with van der Waals surface area (Å²) in [6, 6.07) is 10.5. The molecule has 2 aromatic carbocycles. The van der Waals surface area contributed by atoms with Crippen LogP contribution in [0.4, 0.5) is 0 Å². The molecule has 0 unspecified atom stereocenters. The zero-order chi connectivity index (χ0) is 20.5. The summed E-state index contributed by atoms with van der Waals surface area (Å²) in [5.41, 5.74) is 3.59. The monoisotopic (exact) mass is 423 g/mol. The third-order valence-corrected chi connectivity index (χ3v) is 3.97. The molecule has 0 aliphatic heterocycles. The van der Waals surface area contributed by atoms with Gasteiger partial charge in [0.05, 0.1) is 17.8 Å². The topological polar surface area (TPSA) is 89.0 Å². The maximum absolute atomic E-state index is 11.4. The molecule has 2 N–H and O–H groups in total. The highest BCUT2D eigenvalue weighted by Crippen LogP contribution is 2.37. The number of benzene rings is 2. The molecule has 0 aromatic heterocycles. The van der Waals surface area contributed by atoms with Crippen molar-refractivity contribution < 1.29 is 19.1 Å². The van der Waals surface area contributed by atoms with Crippen molar-refractivity contribution in [3.63, 3.8) is 0 Å². The van der Waals surface area contributed by atoms with Crippen LogP contribution in [0.15, 0.2) is 41.5 Å². The van der Waals surface area contributed by atoms with Gasteiger partial charge in [0.15, 0.2) is 11.5 Å². The Morgan fingerprint density at radius 3 is 2.46 bits per heavy atom. The van der Waals surface area contributed by atoms with E-state index in [1.54, 1.807) is 24.3 Å². The summed E-state index contributed by atoms with van der Waals surface area (Å²) >= 11 is 12.2. The first kappa shape index (κ1) is 21.5. The molecule has 2 aromatic rings. The van der Waals surface area contributed by atoms with E-state index in [-0.39, 0.29) is 6.61 Å². The summed E-state index contributed by atoms with van der Waals surface area (Å²) < 4.78 is 11.4. The molecule has 0 aliphatic rings. The van der Waals surface area contributed by atoms with Crippen LogP contribution in [-0.4, -0.2) is 31.7 Å². The van der Waals surface area contributed by atoms with Crippen molar-refractivity contribution in [2.24, 2.45) is 5.10 Å². The maximum Gasteiger partial charge on any atom is 0.329 e. The molecule has 0 fully saturated rings. The maximum atomic E-state index is 11.4. The van der Waals surface area contributed by atoms with Crippen LogP contribution in [-0.2, 0) is 16.2 Å². The fourth-order valence-corrected chi connectivity index (χ4v) is 2.53. The van der Waals surface area contributed by atoms with E-state index in [2.05, 4.69) is 15.8 Å². The molecule has 0 saturated heterocycles. The molecule has 9 heteroatoms. The number of amides is 2. The number of halogens is 2. The van der Waals surface area contributed by atoms with Gasteiger partial charge in [-0.1, -0.05) is 35.3 Å². The number of carbonyl (C=O) groups is 2. The van der Waals surface area contributed by atoms with Gasteiger partial charge < -0.3 is 14.8 Å². The Labute approximate surface area is 172 Å². The van der Waals surface area contributed by atoms with Gasteiger partial charge in [-0.05, 0) is 42.3 Å². The molecule has 0 heterocycles. The van der Waals surface area contributed by atoms with Crippen LogP contribution in [0, 0.1) is 0 Å². The van der Waals surface area contributed by atoms with Crippen molar-refractivity contribution in [2.75, 3.05) is 13.7 Å². The molecule has 148 valence electrons. The summed E-state index contributed by atoms with van der Waals surface area (Å²) in [6.07, 6.45) is 1.35. The Balaban J connectivity index is 2.14. The van der Waals surface area contributed by atoms with Crippen LogP contribution < -0.4 is 20.2 Å². The van der Waals surface area contributed by atoms with Crippen molar-refractivity contribution in [1.29, 1.82) is 0 Å². The molecular formula is C19H19Cl2N3O4. The van der Waals surface area contributed by atoms with Gasteiger partial charge in [-0.25, -0.2) is 5.43 Å². The molecule has 2 amide bonds. The second-order valence-electron chi connectivity index (χ2n) is 5.46. The number of nitrogens with zero attached hydrogens (tertiary/aromatic N) is 1. The van der Waals surface area contributed by atoms with E-state index < -0.39 is 11.8 Å². The van der Waals surface area contributed by atoms with Crippen LogP contribution >= 0.6 is 23.2 Å². The van der Waals surface area contributed by atoms with E-state index in [9.17, 15) is 9.59 Å². The molecule has 28 heavy (non-hydrogen) atoms. The summed E-state index contributed by atoms with van der Waals surface area (Å²) in [5, 5.41) is 6.89. The SMILES string of the molecule is CCOc1cc(/C=N\NC(=O)C(=O)NC)cc(Cl)c1OCc1ccc(Cl)cc1. The zero-order valence-corrected chi connectivity index (χ0v) is 16.8. The van der Waals surface area contributed by atoms with E-state index in [1.165, 1.54) is 13.3 Å². The number of hydrogen-bond donors (Lipinski definition) is 2. The molecule has 0 saturated carbocycles. The number of nitrogens with one attached hydrogen (secondary N) is 2. The van der Waals surface area contributed by atoms with Gasteiger partial charge in [0.25, 0.3) is 0 Å². The highest BCUT2D eigenvalue weighted by atomic mass is 35.5. The lowest BCUT2D eigenvalue weighted by Crippen LogP contribution is -2.35. The second kappa shape index (κ2) is 10.5. The Hall–Kier alpha value is -2.77. The molecule has 0 spiro atoms. The fraction of sp³-hybridized carbons (Fsp3) is 0.211. The molecule has 2 rings (SSSR count). The van der Waals surface area contributed by atoms with Crippen LogP contribution in [0.3, 0.4) is 0 Å². The van der Waals surface area contributed by atoms with Crippen LogP contribution in [0.1, 0.15) is 18.1 Å². The van der Waals surface area contributed by atoms with E-state index in [0.29, 0.717) is 33.7 Å². The van der Waals surface area contributed by atoms with E-state index in [4.69, 9.17) is 32.7 Å². The number of rotatable bonds is 7. The lowest BCUT2D eigenvalue weighted by atomic mass is 10.2. The van der Waals surface area contributed by atoms with E-state index in [0.717, 1.165) is 5.56 Å². The van der Waals surface area contributed by atoms with Crippen molar-refractivity contribution in [3.8, 4) is 11.5 Å². The molecule has 7 nitrogen and oxygen atoms in total. The summed E-state index contributed by atoms with van der Waals surface area (Å²) in [6.45, 7) is 2.52. The number of likely N-dealkylation sites (N-methyl/N-ethyl adjacent to an activating group) is 1. The summed E-state index contributed by atoms with van der Waals surface area (Å²) in [7, 11) is 1.35. The smallest absolute Gasteiger partial charge is 0.329 e. The molecule has 0 aliphatic carbocycles. The zero-order valence-electron chi connectivity index (χ0n) is 15.3. The van der Waals surface area contributed by atoms with Gasteiger partial charge >= 0.3 is 11.8 Å².